The van der Waals surface area contributed by atoms with E-state index in [4.69, 9.17) is 25.2 Å². The minimum atomic E-state index is -0.445. The number of aliphatic hydroxyl groups is 4. The maximum atomic E-state index is 8.69. The van der Waals surface area contributed by atoms with Crippen LogP contribution in [-0.2, 0) is 4.74 Å². The van der Waals surface area contributed by atoms with Crippen molar-refractivity contribution in [2.24, 2.45) is 0 Å². The molecule has 0 spiro atoms. The van der Waals surface area contributed by atoms with Crippen molar-refractivity contribution in [3.05, 3.63) is 0 Å². The molecule has 0 rings (SSSR count). The SMILES string of the molecule is CC(O)CCCO.CC(O)COC(C)CO. The van der Waals surface area contributed by atoms with E-state index in [9.17, 15) is 0 Å². The van der Waals surface area contributed by atoms with Gasteiger partial charge in [0.05, 0.1) is 31.5 Å². The lowest BCUT2D eigenvalue weighted by Gasteiger charge is -2.10. The van der Waals surface area contributed by atoms with Crippen molar-refractivity contribution in [3.63, 3.8) is 0 Å². The fourth-order valence-electron chi connectivity index (χ4n) is 0.743. The molecule has 0 aliphatic rings. The molecule has 3 atom stereocenters. The maximum Gasteiger partial charge on any atom is 0.0779 e. The van der Waals surface area contributed by atoms with Crippen LogP contribution in [0.3, 0.4) is 0 Å². The molecule has 5 nitrogen and oxygen atoms in total. The number of aliphatic hydroxyl groups excluding tert-OH is 4. The van der Waals surface area contributed by atoms with E-state index in [2.05, 4.69) is 0 Å². The fourth-order valence-corrected chi connectivity index (χ4v) is 0.743. The Kier molecular flexibility index (Phi) is 14.6. The zero-order valence-corrected chi connectivity index (χ0v) is 10.5. The van der Waals surface area contributed by atoms with Gasteiger partial charge in [0, 0.05) is 6.61 Å². The van der Waals surface area contributed by atoms with Crippen LogP contribution in [0.2, 0.25) is 0 Å². The molecular weight excluding hydrogens is 212 g/mol. The van der Waals surface area contributed by atoms with Crippen molar-refractivity contribution < 1.29 is 25.2 Å². The molecule has 0 saturated carbocycles. The lowest BCUT2D eigenvalue weighted by molar-refractivity contribution is -0.0177. The van der Waals surface area contributed by atoms with Crippen LogP contribution in [0.4, 0.5) is 0 Å². The summed E-state index contributed by atoms with van der Waals surface area (Å²) in [7, 11) is 0. The van der Waals surface area contributed by atoms with Crippen LogP contribution in [0.25, 0.3) is 0 Å². The largest absolute Gasteiger partial charge is 0.396 e. The monoisotopic (exact) mass is 238 g/mol. The van der Waals surface area contributed by atoms with E-state index in [1.54, 1.807) is 20.8 Å². The van der Waals surface area contributed by atoms with E-state index in [-0.39, 0.29) is 25.4 Å². The Labute approximate surface area is 97.7 Å². The second-order valence-corrected chi connectivity index (χ2v) is 3.89. The van der Waals surface area contributed by atoms with Gasteiger partial charge in [-0.3, -0.25) is 0 Å². The third kappa shape index (κ3) is 19.4. The second-order valence-electron chi connectivity index (χ2n) is 3.89. The van der Waals surface area contributed by atoms with E-state index in [1.807, 2.05) is 0 Å². The van der Waals surface area contributed by atoms with Crippen LogP contribution in [0.1, 0.15) is 33.6 Å². The lowest BCUT2D eigenvalue weighted by atomic mass is 10.2. The molecule has 100 valence electrons. The molecule has 0 saturated heterocycles. The summed E-state index contributed by atoms with van der Waals surface area (Å²) in [6, 6.07) is 0. The Balaban J connectivity index is 0. The lowest BCUT2D eigenvalue weighted by Crippen LogP contribution is -2.19. The Hall–Kier alpha value is -0.200. The highest BCUT2D eigenvalue weighted by Gasteiger charge is 2.00. The highest BCUT2D eigenvalue weighted by Crippen LogP contribution is 1.92. The average molecular weight is 238 g/mol. The standard InChI is InChI=1S/C6H14O3.C5H12O2/c1-5(8)4-9-6(2)3-7;1-5(7)3-2-4-6/h5-8H,3-4H2,1-2H3;5-7H,2-4H2,1H3. The molecule has 0 bridgehead atoms. The van der Waals surface area contributed by atoms with Crippen molar-refractivity contribution in [1.29, 1.82) is 0 Å². The molecule has 3 unspecified atom stereocenters. The van der Waals surface area contributed by atoms with E-state index >= 15 is 0 Å². The Morgan fingerprint density at radius 1 is 1.00 bits per heavy atom. The topological polar surface area (TPSA) is 90.2 Å². The number of rotatable bonds is 7. The van der Waals surface area contributed by atoms with Gasteiger partial charge in [-0.05, 0) is 33.6 Å². The molecule has 0 aromatic rings. The van der Waals surface area contributed by atoms with Crippen LogP contribution < -0.4 is 0 Å². The molecular formula is C11H26O5. The van der Waals surface area contributed by atoms with Crippen LogP contribution in [-0.4, -0.2) is 58.6 Å². The zero-order valence-electron chi connectivity index (χ0n) is 10.5. The zero-order chi connectivity index (χ0) is 13.0. The van der Waals surface area contributed by atoms with Crippen molar-refractivity contribution >= 4 is 0 Å². The first-order chi connectivity index (χ1) is 7.43. The summed E-state index contributed by atoms with van der Waals surface area (Å²) in [5.41, 5.74) is 0. The summed E-state index contributed by atoms with van der Waals surface area (Å²) >= 11 is 0. The van der Waals surface area contributed by atoms with Gasteiger partial charge in [-0.2, -0.15) is 0 Å². The Bertz CT molecular complexity index is 128. The Morgan fingerprint density at radius 2 is 1.56 bits per heavy atom. The van der Waals surface area contributed by atoms with Crippen LogP contribution in [0.15, 0.2) is 0 Å². The molecule has 0 radical (unpaired) electrons. The number of hydrogen-bond acceptors (Lipinski definition) is 5. The van der Waals surface area contributed by atoms with Crippen molar-refractivity contribution in [2.75, 3.05) is 19.8 Å². The van der Waals surface area contributed by atoms with Crippen LogP contribution >= 0.6 is 0 Å². The molecule has 5 heteroatoms. The molecule has 0 aliphatic carbocycles. The molecule has 0 aromatic heterocycles. The van der Waals surface area contributed by atoms with Crippen molar-refractivity contribution in [1.82, 2.24) is 0 Å². The van der Waals surface area contributed by atoms with Gasteiger partial charge < -0.3 is 25.2 Å². The number of ether oxygens (including phenoxy) is 1. The molecule has 0 aromatic carbocycles. The van der Waals surface area contributed by atoms with Gasteiger partial charge in [-0.25, -0.2) is 0 Å². The van der Waals surface area contributed by atoms with Crippen molar-refractivity contribution in [3.8, 4) is 0 Å². The summed E-state index contributed by atoms with van der Waals surface area (Å²) in [4.78, 5) is 0. The molecule has 0 heterocycles. The van der Waals surface area contributed by atoms with Gasteiger partial charge in [-0.15, -0.1) is 0 Å². The van der Waals surface area contributed by atoms with Crippen molar-refractivity contribution in [2.45, 2.75) is 51.9 Å². The minimum absolute atomic E-state index is 0.00667. The first kappa shape index (κ1) is 18.2. The summed E-state index contributed by atoms with van der Waals surface area (Å²) in [6.45, 7) is 5.60. The second kappa shape index (κ2) is 12.9. The summed E-state index contributed by atoms with van der Waals surface area (Å²) in [5.74, 6) is 0. The van der Waals surface area contributed by atoms with E-state index in [0.717, 1.165) is 0 Å². The highest BCUT2D eigenvalue weighted by molar-refractivity contribution is 4.47. The quantitative estimate of drug-likeness (QED) is 0.497. The van der Waals surface area contributed by atoms with Gasteiger partial charge in [0.25, 0.3) is 0 Å². The average Bonchev–Trinajstić information content (AvgIpc) is 2.23. The van der Waals surface area contributed by atoms with E-state index < -0.39 is 6.10 Å². The first-order valence-corrected chi connectivity index (χ1v) is 5.63. The molecule has 0 aliphatic heterocycles. The third-order valence-corrected chi connectivity index (χ3v) is 1.66. The summed E-state index contributed by atoms with van der Waals surface area (Å²) in [5, 5.41) is 33.9. The normalized spacial score (nSPS) is 15.9. The smallest absolute Gasteiger partial charge is 0.0779 e. The fraction of sp³-hybridized carbons (Fsp3) is 1.00. The van der Waals surface area contributed by atoms with Gasteiger partial charge in [-0.1, -0.05) is 0 Å². The van der Waals surface area contributed by atoms with Gasteiger partial charge in [0.1, 0.15) is 0 Å². The van der Waals surface area contributed by atoms with Crippen LogP contribution in [0.5, 0.6) is 0 Å². The molecule has 4 N–H and O–H groups in total. The van der Waals surface area contributed by atoms with Gasteiger partial charge in [0.15, 0.2) is 0 Å². The molecule has 16 heavy (non-hydrogen) atoms. The van der Waals surface area contributed by atoms with Gasteiger partial charge >= 0.3 is 0 Å². The van der Waals surface area contributed by atoms with Gasteiger partial charge in [0.2, 0.25) is 0 Å². The minimum Gasteiger partial charge on any atom is -0.396 e. The summed E-state index contributed by atoms with van der Waals surface area (Å²) < 4.78 is 4.95. The molecule has 0 amide bonds. The predicted molar refractivity (Wildman–Crippen MR) is 62.2 cm³/mol. The summed E-state index contributed by atoms with van der Waals surface area (Å²) in [6.07, 6.45) is 0.541. The van der Waals surface area contributed by atoms with E-state index in [1.165, 1.54) is 0 Å². The molecule has 0 fully saturated rings. The first-order valence-electron chi connectivity index (χ1n) is 5.63. The number of hydrogen-bond donors (Lipinski definition) is 4. The third-order valence-electron chi connectivity index (χ3n) is 1.66. The maximum absolute atomic E-state index is 8.69. The Morgan fingerprint density at radius 3 is 1.81 bits per heavy atom. The highest BCUT2D eigenvalue weighted by atomic mass is 16.5. The van der Waals surface area contributed by atoms with Crippen LogP contribution in [0, 0.1) is 0 Å². The van der Waals surface area contributed by atoms with E-state index in [0.29, 0.717) is 19.4 Å². The predicted octanol–water partition coefficient (Wildman–Crippen LogP) is -0.0957.